The fourth-order valence-corrected chi connectivity index (χ4v) is 1.87. The Bertz CT molecular complexity index is 564. The average Bonchev–Trinajstić information content (AvgIpc) is 2.96. The van der Waals surface area contributed by atoms with Crippen LogP contribution in [0.5, 0.6) is 0 Å². The van der Waals surface area contributed by atoms with E-state index in [0.29, 0.717) is 23.5 Å². The van der Waals surface area contributed by atoms with Crippen molar-refractivity contribution < 1.29 is 13.9 Å². The first kappa shape index (κ1) is 12.3. The summed E-state index contributed by atoms with van der Waals surface area (Å²) in [7, 11) is 0. The first-order valence-electron chi connectivity index (χ1n) is 5.67. The molecule has 0 bridgehead atoms. The van der Waals surface area contributed by atoms with E-state index in [9.17, 15) is 5.11 Å². The van der Waals surface area contributed by atoms with E-state index in [-0.39, 0.29) is 5.88 Å². The van der Waals surface area contributed by atoms with Gasteiger partial charge in [0, 0.05) is 5.56 Å². The molecule has 2 heterocycles. The van der Waals surface area contributed by atoms with Crippen LogP contribution in [0.3, 0.4) is 0 Å². The molecule has 18 heavy (non-hydrogen) atoms. The zero-order valence-electron chi connectivity index (χ0n) is 10.2. The van der Waals surface area contributed by atoms with Gasteiger partial charge in [-0.15, -0.1) is 0 Å². The van der Waals surface area contributed by atoms with E-state index in [2.05, 4.69) is 11.4 Å². The summed E-state index contributed by atoms with van der Waals surface area (Å²) in [4.78, 5) is 0. The lowest BCUT2D eigenvalue weighted by Gasteiger charge is -2.09. The van der Waals surface area contributed by atoms with Gasteiger partial charge in [-0.2, -0.15) is 5.26 Å². The molecule has 2 aromatic heterocycles. The molecule has 0 amide bonds. The molecule has 0 aliphatic heterocycles. The number of hydrogen-bond acceptors (Lipinski definition) is 5. The van der Waals surface area contributed by atoms with Crippen molar-refractivity contribution in [3.63, 3.8) is 0 Å². The lowest BCUT2D eigenvalue weighted by molar-refractivity contribution is 0.175. The second-order valence-electron chi connectivity index (χ2n) is 3.87. The van der Waals surface area contributed by atoms with Gasteiger partial charge < -0.3 is 19.3 Å². The number of aryl methyl sites for hydroxylation is 1. The second kappa shape index (κ2) is 4.98. The number of nitrogens with one attached hydrogen (secondary N) is 1. The molecule has 2 aromatic rings. The summed E-state index contributed by atoms with van der Waals surface area (Å²) in [6.45, 7) is 3.75. The van der Waals surface area contributed by atoms with Gasteiger partial charge in [0.25, 0.3) is 0 Å². The van der Waals surface area contributed by atoms with Crippen LogP contribution in [0, 0.1) is 18.3 Å². The quantitative estimate of drug-likeness (QED) is 0.810. The Morgan fingerprint density at radius 1 is 1.56 bits per heavy atom. The van der Waals surface area contributed by atoms with Crippen LogP contribution in [0.25, 0.3) is 0 Å². The fourth-order valence-electron chi connectivity index (χ4n) is 1.87. The van der Waals surface area contributed by atoms with Gasteiger partial charge in [-0.1, -0.05) is 6.92 Å². The third-order valence-electron chi connectivity index (χ3n) is 2.75. The minimum absolute atomic E-state index is 0.274. The third kappa shape index (κ3) is 2.11. The highest BCUT2D eigenvalue weighted by molar-refractivity contribution is 5.56. The zero-order valence-corrected chi connectivity index (χ0v) is 10.2. The molecule has 0 aliphatic carbocycles. The summed E-state index contributed by atoms with van der Waals surface area (Å²) in [6.07, 6.45) is 1.13. The molecule has 2 N–H and O–H groups in total. The number of rotatable bonds is 4. The molecule has 0 spiro atoms. The van der Waals surface area contributed by atoms with Crippen molar-refractivity contribution in [3.05, 3.63) is 41.0 Å². The zero-order chi connectivity index (χ0) is 13.1. The normalized spacial score (nSPS) is 12.1. The van der Waals surface area contributed by atoms with Crippen molar-refractivity contribution in [3.8, 4) is 6.07 Å². The molecular weight excluding hydrogens is 232 g/mol. The number of furan rings is 2. The van der Waals surface area contributed by atoms with Gasteiger partial charge in [-0.3, -0.25) is 0 Å². The molecule has 1 unspecified atom stereocenters. The standard InChI is InChI=1S/C13H14N2O3/c1-3-9-8(2)18-13(10(9)7-14)15-12(16)11-5-4-6-17-11/h4-6,12,15-16H,3H2,1-2H3. The lowest BCUT2D eigenvalue weighted by Crippen LogP contribution is -2.09. The number of nitriles is 1. The maximum atomic E-state index is 9.88. The molecule has 0 saturated heterocycles. The Balaban J connectivity index is 2.27. The van der Waals surface area contributed by atoms with Crippen LogP contribution in [0.1, 0.15) is 35.8 Å². The van der Waals surface area contributed by atoms with Gasteiger partial charge in [-0.05, 0) is 25.5 Å². The van der Waals surface area contributed by atoms with E-state index >= 15 is 0 Å². The van der Waals surface area contributed by atoms with Crippen molar-refractivity contribution in [2.24, 2.45) is 0 Å². The highest BCUT2D eigenvalue weighted by atomic mass is 16.4. The van der Waals surface area contributed by atoms with Crippen LogP contribution in [0.4, 0.5) is 5.88 Å². The molecule has 0 fully saturated rings. The molecule has 94 valence electrons. The van der Waals surface area contributed by atoms with Crippen molar-refractivity contribution in [2.75, 3.05) is 5.32 Å². The van der Waals surface area contributed by atoms with Crippen LogP contribution in [0.2, 0.25) is 0 Å². The average molecular weight is 246 g/mol. The molecule has 0 aliphatic rings. The third-order valence-corrected chi connectivity index (χ3v) is 2.75. The maximum Gasteiger partial charge on any atom is 0.213 e. The first-order valence-corrected chi connectivity index (χ1v) is 5.67. The number of aliphatic hydroxyl groups excluding tert-OH is 1. The molecule has 2 rings (SSSR count). The fraction of sp³-hybridized carbons (Fsp3) is 0.308. The predicted molar refractivity (Wildman–Crippen MR) is 64.8 cm³/mol. The van der Waals surface area contributed by atoms with E-state index in [4.69, 9.17) is 14.1 Å². The summed E-state index contributed by atoms with van der Waals surface area (Å²) in [6, 6.07) is 5.40. The van der Waals surface area contributed by atoms with Gasteiger partial charge in [0.2, 0.25) is 5.88 Å². The van der Waals surface area contributed by atoms with Gasteiger partial charge >= 0.3 is 0 Å². The van der Waals surface area contributed by atoms with Crippen molar-refractivity contribution in [1.29, 1.82) is 5.26 Å². The van der Waals surface area contributed by atoms with E-state index in [1.807, 2.05) is 6.92 Å². The SMILES string of the molecule is CCc1c(C)oc(NC(O)c2ccco2)c1C#N. The number of hydrogen-bond donors (Lipinski definition) is 2. The van der Waals surface area contributed by atoms with Crippen molar-refractivity contribution in [1.82, 2.24) is 0 Å². The lowest BCUT2D eigenvalue weighted by atomic mass is 10.1. The van der Waals surface area contributed by atoms with E-state index in [0.717, 1.165) is 5.56 Å². The molecule has 5 heteroatoms. The summed E-state index contributed by atoms with van der Waals surface area (Å²) < 4.78 is 10.5. The molecule has 0 saturated carbocycles. The summed E-state index contributed by atoms with van der Waals surface area (Å²) in [5.74, 6) is 1.32. The minimum atomic E-state index is -1.04. The Labute approximate surface area is 105 Å². The first-order chi connectivity index (χ1) is 8.67. The predicted octanol–water partition coefficient (Wildman–Crippen LogP) is 2.72. The van der Waals surface area contributed by atoms with Crippen LogP contribution in [0.15, 0.2) is 27.2 Å². The van der Waals surface area contributed by atoms with E-state index in [1.165, 1.54) is 6.26 Å². The van der Waals surface area contributed by atoms with E-state index < -0.39 is 6.23 Å². The number of aliphatic hydroxyl groups is 1. The topological polar surface area (TPSA) is 82.3 Å². The number of nitrogens with zero attached hydrogens (tertiary/aromatic N) is 1. The number of anilines is 1. The Morgan fingerprint density at radius 3 is 2.89 bits per heavy atom. The van der Waals surface area contributed by atoms with Gasteiger partial charge in [0.1, 0.15) is 17.4 Å². The highest BCUT2D eigenvalue weighted by Crippen LogP contribution is 2.29. The second-order valence-corrected chi connectivity index (χ2v) is 3.87. The van der Waals surface area contributed by atoms with Crippen molar-refractivity contribution in [2.45, 2.75) is 26.5 Å². The Hall–Kier alpha value is -2.19. The molecule has 0 radical (unpaired) electrons. The van der Waals surface area contributed by atoms with E-state index in [1.54, 1.807) is 19.1 Å². The molecule has 5 nitrogen and oxygen atoms in total. The van der Waals surface area contributed by atoms with Crippen LogP contribution >= 0.6 is 0 Å². The van der Waals surface area contributed by atoms with Gasteiger partial charge in [0.05, 0.1) is 6.26 Å². The maximum absolute atomic E-state index is 9.88. The highest BCUT2D eigenvalue weighted by Gasteiger charge is 2.19. The minimum Gasteiger partial charge on any atom is -0.465 e. The molecule has 0 aromatic carbocycles. The summed E-state index contributed by atoms with van der Waals surface area (Å²) in [5.41, 5.74) is 1.28. The smallest absolute Gasteiger partial charge is 0.213 e. The van der Waals surface area contributed by atoms with Crippen LogP contribution in [-0.2, 0) is 6.42 Å². The van der Waals surface area contributed by atoms with Gasteiger partial charge in [-0.25, -0.2) is 0 Å². The largest absolute Gasteiger partial charge is 0.465 e. The van der Waals surface area contributed by atoms with Crippen LogP contribution < -0.4 is 5.32 Å². The molecule has 1 atom stereocenters. The Morgan fingerprint density at radius 2 is 2.33 bits per heavy atom. The van der Waals surface area contributed by atoms with Crippen LogP contribution in [-0.4, -0.2) is 5.11 Å². The molecular formula is C13H14N2O3. The Kier molecular flexibility index (Phi) is 3.40. The van der Waals surface area contributed by atoms with Gasteiger partial charge in [0.15, 0.2) is 12.0 Å². The monoisotopic (exact) mass is 246 g/mol. The summed E-state index contributed by atoms with van der Waals surface area (Å²) >= 11 is 0. The van der Waals surface area contributed by atoms with Crippen molar-refractivity contribution >= 4 is 5.88 Å². The summed E-state index contributed by atoms with van der Waals surface area (Å²) in [5, 5.41) is 21.7.